The number of hydrogen-bond donors (Lipinski definition) is 1. The van der Waals surface area contributed by atoms with Crippen molar-refractivity contribution in [2.24, 2.45) is 0 Å². The Morgan fingerprint density at radius 1 is 1.23 bits per heavy atom. The molecule has 5 heteroatoms. The van der Waals surface area contributed by atoms with Crippen molar-refractivity contribution in [1.29, 1.82) is 0 Å². The summed E-state index contributed by atoms with van der Waals surface area (Å²) in [4.78, 5) is 16.5. The van der Waals surface area contributed by atoms with Crippen molar-refractivity contribution in [3.63, 3.8) is 0 Å². The van der Waals surface area contributed by atoms with E-state index in [1.165, 1.54) is 5.39 Å². The minimum Gasteiger partial charge on any atom is -0.323 e. The maximum Gasteiger partial charge on any atom is 0.230 e. The maximum atomic E-state index is 12.2. The van der Waals surface area contributed by atoms with Crippen LogP contribution in [0.25, 0.3) is 10.8 Å². The van der Waals surface area contributed by atoms with E-state index in [4.69, 9.17) is 0 Å². The Morgan fingerprint density at radius 3 is 3.00 bits per heavy atom. The van der Waals surface area contributed by atoms with Crippen LogP contribution in [-0.2, 0) is 17.8 Å². The highest BCUT2D eigenvalue weighted by Gasteiger charge is 2.18. The van der Waals surface area contributed by atoms with Gasteiger partial charge in [0, 0.05) is 12.3 Å². The molecule has 4 nitrogen and oxygen atoms in total. The van der Waals surface area contributed by atoms with E-state index < -0.39 is 0 Å². The fourth-order valence-electron chi connectivity index (χ4n) is 2.72. The highest BCUT2D eigenvalue weighted by molar-refractivity contribution is 7.99. The van der Waals surface area contributed by atoms with Crippen molar-refractivity contribution in [2.45, 2.75) is 18.0 Å². The molecule has 1 aromatic heterocycles. The number of hydrogen-bond acceptors (Lipinski definition) is 3. The number of carbonyl (C=O) groups is 1. The molecule has 0 saturated carbocycles. The third-order valence-corrected chi connectivity index (χ3v) is 4.88. The third kappa shape index (κ3) is 2.48. The molecule has 0 radical (unpaired) electrons. The first-order valence-electron chi connectivity index (χ1n) is 7.25. The van der Waals surface area contributed by atoms with Gasteiger partial charge in [0.25, 0.3) is 0 Å². The van der Waals surface area contributed by atoms with E-state index in [1.807, 2.05) is 18.2 Å². The second-order valence-corrected chi connectivity index (χ2v) is 6.43. The van der Waals surface area contributed by atoms with Crippen molar-refractivity contribution in [2.75, 3.05) is 11.1 Å². The first kappa shape index (κ1) is 13.4. The molecule has 2 aromatic carbocycles. The summed E-state index contributed by atoms with van der Waals surface area (Å²) < 4.78 is 2.08. The fourth-order valence-corrected chi connectivity index (χ4v) is 3.74. The van der Waals surface area contributed by atoms with Gasteiger partial charge in [-0.3, -0.25) is 4.79 Å². The average molecular weight is 309 g/mol. The number of anilines is 1. The third-order valence-electron chi connectivity index (χ3n) is 3.80. The maximum absolute atomic E-state index is 12.2. The van der Waals surface area contributed by atoms with Crippen molar-refractivity contribution in [1.82, 2.24) is 9.55 Å². The van der Waals surface area contributed by atoms with Gasteiger partial charge in [-0.05, 0) is 16.3 Å². The van der Waals surface area contributed by atoms with Crippen LogP contribution in [0.3, 0.4) is 0 Å². The molecular formula is C17H15N3OS. The Morgan fingerprint density at radius 2 is 2.09 bits per heavy atom. The molecule has 110 valence electrons. The molecule has 0 atom stereocenters. The molecule has 0 saturated heterocycles. The van der Waals surface area contributed by atoms with Gasteiger partial charge < -0.3 is 9.88 Å². The molecule has 3 aromatic rings. The van der Waals surface area contributed by atoms with E-state index in [-0.39, 0.29) is 5.91 Å². The van der Waals surface area contributed by atoms with Gasteiger partial charge >= 0.3 is 0 Å². The van der Waals surface area contributed by atoms with Crippen LogP contribution in [0.1, 0.15) is 5.56 Å². The number of aryl methyl sites for hydroxylation is 1. The predicted molar refractivity (Wildman–Crippen MR) is 89.2 cm³/mol. The number of amides is 1. The van der Waals surface area contributed by atoms with Crippen molar-refractivity contribution in [3.05, 3.63) is 54.4 Å². The van der Waals surface area contributed by atoms with Gasteiger partial charge in [0.2, 0.25) is 5.91 Å². The van der Waals surface area contributed by atoms with E-state index in [9.17, 15) is 4.79 Å². The zero-order valence-corrected chi connectivity index (χ0v) is 12.8. The van der Waals surface area contributed by atoms with Crippen LogP contribution in [0.4, 0.5) is 5.82 Å². The van der Waals surface area contributed by atoms with Gasteiger partial charge in [-0.2, -0.15) is 0 Å². The van der Waals surface area contributed by atoms with E-state index in [0.717, 1.165) is 28.3 Å². The zero-order chi connectivity index (χ0) is 14.9. The first-order chi connectivity index (χ1) is 10.8. The number of imidazole rings is 1. The summed E-state index contributed by atoms with van der Waals surface area (Å²) >= 11 is 1.74. The summed E-state index contributed by atoms with van der Waals surface area (Å²) in [5.74, 6) is 1.71. The minimum atomic E-state index is -0.0238. The highest BCUT2D eigenvalue weighted by atomic mass is 32.2. The Bertz CT molecular complexity index is 856. The largest absolute Gasteiger partial charge is 0.323 e. The normalized spacial score (nSPS) is 13.3. The Labute approximate surface area is 132 Å². The monoisotopic (exact) mass is 309 g/mol. The van der Waals surface area contributed by atoms with Gasteiger partial charge in [0.05, 0.1) is 12.7 Å². The van der Waals surface area contributed by atoms with Crippen LogP contribution in [0.2, 0.25) is 0 Å². The lowest BCUT2D eigenvalue weighted by Gasteiger charge is -2.05. The fraction of sp³-hybridized carbons (Fsp3) is 0.176. The van der Waals surface area contributed by atoms with Gasteiger partial charge in [-0.15, -0.1) is 11.8 Å². The Kier molecular flexibility index (Phi) is 3.35. The van der Waals surface area contributed by atoms with Crippen LogP contribution < -0.4 is 5.32 Å². The van der Waals surface area contributed by atoms with E-state index in [0.29, 0.717) is 12.2 Å². The van der Waals surface area contributed by atoms with Crippen LogP contribution in [-0.4, -0.2) is 21.2 Å². The lowest BCUT2D eigenvalue weighted by molar-refractivity contribution is -0.115. The number of nitrogens with one attached hydrogen (secondary N) is 1. The molecule has 0 aliphatic carbocycles. The van der Waals surface area contributed by atoms with Gasteiger partial charge in [-0.1, -0.05) is 42.5 Å². The molecule has 1 N–H and O–H groups in total. The summed E-state index contributed by atoms with van der Waals surface area (Å²) in [5.41, 5.74) is 1.01. The lowest BCUT2D eigenvalue weighted by atomic mass is 10.1. The predicted octanol–water partition coefficient (Wildman–Crippen LogP) is 3.32. The van der Waals surface area contributed by atoms with Crippen LogP contribution in [0, 0.1) is 0 Å². The number of thioether (sulfide) groups is 1. The van der Waals surface area contributed by atoms with Gasteiger partial charge in [0.15, 0.2) is 5.82 Å². The summed E-state index contributed by atoms with van der Waals surface area (Å²) in [6.45, 7) is 0.966. The molecule has 4 rings (SSSR count). The van der Waals surface area contributed by atoms with E-state index in [2.05, 4.69) is 39.1 Å². The second-order valence-electron chi connectivity index (χ2n) is 5.35. The van der Waals surface area contributed by atoms with E-state index >= 15 is 0 Å². The summed E-state index contributed by atoms with van der Waals surface area (Å²) in [5, 5.41) is 6.34. The van der Waals surface area contributed by atoms with Crippen LogP contribution in [0.15, 0.2) is 53.8 Å². The molecule has 22 heavy (non-hydrogen) atoms. The van der Waals surface area contributed by atoms with Crippen LogP contribution >= 0.6 is 11.8 Å². The number of nitrogens with zero attached hydrogens (tertiary/aromatic N) is 2. The molecule has 2 heterocycles. The highest BCUT2D eigenvalue weighted by Crippen LogP contribution is 2.31. The van der Waals surface area contributed by atoms with Crippen molar-refractivity contribution >= 4 is 34.3 Å². The molecule has 0 unspecified atom stereocenters. The smallest absolute Gasteiger partial charge is 0.230 e. The van der Waals surface area contributed by atoms with Crippen LogP contribution in [0.5, 0.6) is 0 Å². The van der Waals surface area contributed by atoms with Crippen molar-refractivity contribution in [3.8, 4) is 0 Å². The SMILES string of the molecule is O=C(Cc1ccc2ccccc2c1)Nc1ncn2c1SCC2. The van der Waals surface area contributed by atoms with E-state index in [1.54, 1.807) is 18.1 Å². The lowest BCUT2D eigenvalue weighted by Crippen LogP contribution is -2.15. The topological polar surface area (TPSA) is 46.9 Å². The van der Waals surface area contributed by atoms with Gasteiger partial charge in [-0.25, -0.2) is 4.98 Å². The summed E-state index contributed by atoms with van der Waals surface area (Å²) in [7, 11) is 0. The summed E-state index contributed by atoms with van der Waals surface area (Å²) in [6.07, 6.45) is 2.16. The number of aromatic nitrogens is 2. The molecule has 1 aliphatic rings. The number of carbonyl (C=O) groups excluding carboxylic acids is 1. The van der Waals surface area contributed by atoms with Gasteiger partial charge in [0.1, 0.15) is 5.03 Å². The number of fused-ring (bicyclic) bond motifs is 2. The molecule has 1 aliphatic heterocycles. The molecule has 0 spiro atoms. The average Bonchev–Trinajstić information content (AvgIpc) is 3.12. The first-order valence-corrected chi connectivity index (χ1v) is 8.23. The second kappa shape index (κ2) is 5.50. The number of benzene rings is 2. The Balaban J connectivity index is 1.50. The Hall–Kier alpha value is -2.27. The quantitative estimate of drug-likeness (QED) is 0.807. The standard InChI is InChI=1S/C17H15N3OS/c21-15(19-16-17-20(11-18-16)7-8-22-17)10-12-5-6-13-3-1-2-4-14(13)9-12/h1-6,9,11H,7-8,10H2,(H,19,21). The molecule has 1 amide bonds. The molecule has 0 bridgehead atoms. The minimum absolute atomic E-state index is 0.0238. The summed E-state index contributed by atoms with van der Waals surface area (Å²) in [6, 6.07) is 14.3. The molecule has 0 fully saturated rings. The number of rotatable bonds is 3. The van der Waals surface area contributed by atoms with Crippen molar-refractivity contribution < 1.29 is 4.79 Å². The molecular weight excluding hydrogens is 294 g/mol. The zero-order valence-electron chi connectivity index (χ0n) is 12.0.